The van der Waals surface area contributed by atoms with Gasteiger partial charge in [-0.2, -0.15) is 0 Å². The van der Waals surface area contributed by atoms with E-state index in [0.29, 0.717) is 10.6 Å². The number of phenols is 1. The van der Waals surface area contributed by atoms with E-state index in [2.05, 4.69) is 5.32 Å². The van der Waals surface area contributed by atoms with Gasteiger partial charge in [-0.25, -0.2) is 0 Å². The molecule has 19 heavy (non-hydrogen) atoms. The van der Waals surface area contributed by atoms with Gasteiger partial charge in [-0.3, -0.25) is 4.79 Å². The number of rotatable bonds is 3. The van der Waals surface area contributed by atoms with E-state index in [1.54, 1.807) is 30.3 Å². The van der Waals surface area contributed by atoms with Crippen molar-refractivity contribution in [1.29, 1.82) is 0 Å². The van der Waals surface area contributed by atoms with Gasteiger partial charge in [-0.15, -0.1) is 0 Å². The largest absolute Gasteiger partial charge is 0.508 e. The second-order valence-corrected chi connectivity index (χ2v) is 4.68. The van der Waals surface area contributed by atoms with Crippen LogP contribution in [-0.4, -0.2) is 11.0 Å². The van der Waals surface area contributed by atoms with Gasteiger partial charge in [0.25, 0.3) is 0 Å². The summed E-state index contributed by atoms with van der Waals surface area (Å²) in [6.45, 7) is 1.45. The van der Waals surface area contributed by atoms with Gasteiger partial charge in [-0.05, 0) is 23.8 Å². The standard InChI is InChI=1S/C15H14ClNO2/c1-10(18)17-15(11-6-8-12(16)9-7-11)13-4-2-3-5-14(13)19/h2-9,15,19H,1H3,(H,17,18)/t15-/m1/s1. The van der Waals surface area contributed by atoms with E-state index < -0.39 is 6.04 Å². The van der Waals surface area contributed by atoms with Crippen LogP contribution in [0.15, 0.2) is 48.5 Å². The molecule has 4 heteroatoms. The molecular formula is C15H14ClNO2. The van der Waals surface area contributed by atoms with E-state index in [-0.39, 0.29) is 11.7 Å². The first-order valence-corrected chi connectivity index (χ1v) is 6.26. The van der Waals surface area contributed by atoms with Gasteiger partial charge >= 0.3 is 0 Å². The Balaban J connectivity index is 2.44. The summed E-state index contributed by atoms with van der Waals surface area (Å²) in [6.07, 6.45) is 0. The molecule has 0 aliphatic rings. The molecule has 98 valence electrons. The normalized spacial score (nSPS) is 11.9. The summed E-state index contributed by atoms with van der Waals surface area (Å²) in [7, 11) is 0. The number of carbonyl (C=O) groups is 1. The summed E-state index contributed by atoms with van der Waals surface area (Å²) in [5.41, 5.74) is 1.51. The molecule has 2 aromatic carbocycles. The van der Waals surface area contributed by atoms with E-state index in [1.807, 2.05) is 18.2 Å². The molecule has 0 bridgehead atoms. The molecule has 0 spiro atoms. The van der Waals surface area contributed by atoms with Gasteiger partial charge in [0.05, 0.1) is 6.04 Å². The number of hydrogen-bond donors (Lipinski definition) is 2. The predicted molar refractivity (Wildman–Crippen MR) is 75.2 cm³/mol. The number of benzene rings is 2. The Morgan fingerprint density at radius 2 is 1.79 bits per heavy atom. The monoisotopic (exact) mass is 275 g/mol. The molecule has 0 heterocycles. The van der Waals surface area contributed by atoms with Gasteiger partial charge in [0.1, 0.15) is 5.75 Å². The Hall–Kier alpha value is -2.00. The molecule has 0 fully saturated rings. The Bertz CT molecular complexity index is 581. The Kier molecular flexibility index (Phi) is 4.07. The Morgan fingerprint density at radius 3 is 2.37 bits per heavy atom. The van der Waals surface area contributed by atoms with Crippen molar-refractivity contribution in [2.24, 2.45) is 0 Å². The van der Waals surface area contributed by atoms with Crippen LogP contribution >= 0.6 is 11.6 Å². The highest BCUT2D eigenvalue weighted by molar-refractivity contribution is 6.30. The first kappa shape index (κ1) is 13.4. The predicted octanol–water partition coefficient (Wildman–Crippen LogP) is 3.27. The topological polar surface area (TPSA) is 49.3 Å². The molecule has 2 N–H and O–H groups in total. The summed E-state index contributed by atoms with van der Waals surface area (Å²) >= 11 is 5.86. The molecule has 1 amide bonds. The van der Waals surface area contributed by atoms with Crippen molar-refractivity contribution in [3.8, 4) is 5.75 Å². The molecule has 0 radical (unpaired) electrons. The van der Waals surface area contributed by atoms with Crippen molar-refractivity contribution < 1.29 is 9.90 Å². The van der Waals surface area contributed by atoms with Gasteiger partial charge in [-0.1, -0.05) is 41.9 Å². The number of nitrogens with one attached hydrogen (secondary N) is 1. The number of aromatic hydroxyl groups is 1. The number of hydrogen-bond acceptors (Lipinski definition) is 2. The zero-order valence-electron chi connectivity index (χ0n) is 10.4. The van der Waals surface area contributed by atoms with Crippen molar-refractivity contribution in [3.05, 3.63) is 64.7 Å². The molecule has 1 atom stereocenters. The van der Waals surface area contributed by atoms with Crippen molar-refractivity contribution in [1.82, 2.24) is 5.32 Å². The molecule has 3 nitrogen and oxygen atoms in total. The fourth-order valence-electron chi connectivity index (χ4n) is 1.93. The van der Waals surface area contributed by atoms with Crippen molar-refractivity contribution in [3.63, 3.8) is 0 Å². The number of halogens is 1. The van der Waals surface area contributed by atoms with Gasteiger partial charge in [0, 0.05) is 17.5 Å². The molecule has 0 aliphatic heterocycles. The highest BCUT2D eigenvalue weighted by atomic mass is 35.5. The lowest BCUT2D eigenvalue weighted by atomic mass is 9.98. The molecule has 2 rings (SSSR count). The van der Waals surface area contributed by atoms with Crippen molar-refractivity contribution >= 4 is 17.5 Å². The molecule has 0 saturated heterocycles. The minimum Gasteiger partial charge on any atom is -0.508 e. The lowest BCUT2D eigenvalue weighted by Crippen LogP contribution is -2.26. The second kappa shape index (κ2) is 5.76. The van der Waals surface area contributed by atoms with Crippen molar-refractivity contribution in [2.75, 3.05) is 0 Å². The third-order valence-corrected chi connectivity index (χ3v) is 3.05. The third-order valence-electron chi connectivity index (χ3n) is 2.80. The third kappa shape index (κ3) is 3.26. The maximum atomic E-state index is 11.4. The van der Waals surface area contributed by atoms with Crippen LogP contribution in [0.4, 0.5) is 0 Å². The van der Waals surface area contributed by atoms with Gasteiger partial charge < -0.3 is 10.4 Å². The average molecular weight is 276 g/mol. The van der Waals surface area contributed by atoms with Crippen LogP contribution < -0.4 is 5.32 Å². The molecule has 0 unspecified atom stereocenters. The number of para-hydroxylation sites is 1. The first-order valence-electron chi connectivity index (χ1n) is 5.88. The zero-order chi connectivity index (χ0) is 13.8. The Labute approximate surface area is 116 Å². The quantitative estimate of drug-likeness (QED) is 0.903. The summed E-state index contributed by atoms with van der Waals surface area (Å²) in [5, 5.41) is 13.4. The van der Waals surface area contributed by atoms with E-state index >= 15 is 0 Å². The SMILES string of the molecule is CC(=O)N[C@H](c1ccc(Cl)cc1)c1ccccc1O. The highest BCUT2D eigenvalue weighted by Gasteiger charge is 2.18. The number of phenolic OH excluding ortho intramolecular Hbond substituents is 1. The summed E-state index contributed by atoms with van der Waals surface area (Å²) in [4.78, 5) is 11.4. The minimum atomic E-state index is -0.393. The smallest absolute Gasteiger partial charge is 0.217 e. The van der Waals surface area contributed by atoms with E-state index in [0.717, 1.165) is 5.56 Å². The fourth-order valence-corrected chi connectivity index (χ4v) is 2.06. The van der Waals surface area contributed by atoms with Gasteiger partial charge in [0.15, 0.2) is 0 Å². The molecular weight excluding hydrogens is 262 g/mol. The molecule has 0 aliphatic carbocycles. The van der Waals surface area contributed by atoms with Crippen LogP contribution in [0.5, 0.6) is 5.75 Å². The van der Waals surface area contributed by atoms with Crippen LogP contribution in [0.25, 0.3) is 0 Å². The van der Waals surface area contributed by atoms with Crippen LogP contribution in [0.3, 0.4) is 0 Å². The number of amides is 1. The van der Waals surface area contributed by atoms with Crippen LogP contribution in [0.2, 0.25) is 5.02 Å². The van der Waals surface area contributed by atoms with E-state index in [4.69, 9.17) is 11.6 Å². The molecule has 0 saturated carbocycles. The average Bonchev–Trinajstić information content (AvgIpc) is 2.38. The van der Waals surface area contributed by atoms with Crippen LogP contribution in [0.1, 0.15) is 24.1 Å². The number of carbonyl (C=O) groups excluding carboxylic acids is 1. The van der Waals surface area contributed by atoms with Gasteiger partial charge in [0.2, 0.25) is 5.91 Å². The first-order chi connectivity index (χ1) is 9.08. The lowest BCUT2D eigenvalue weighted by Gasteiger charge is -2.20. The Morgan fingerprint density at radius 1 is 1.16 bits per heavy atom. The summed E-state index contributed by atoms with van der Waals surface area (Å²) < 4.78 is 0. The van der Waals surface area contributed by atoms with E-state index in [9.17, 15) is 9.90 Å². The fraction of sp³-hybridized carbons (Fsp3) is 0.133. The van der Waals surface area contributed by atoms with Crippen LogP contribution in [-0.2, 0) is 4.79 Å². The lowest BCUT2D eigenvalue weighted by molar-refractivity contribution is -0.119. The van der Waals surface area contributed by atoms with Crippen molar-refractivity contribution in [2.45, 2.75) is 13.0 Å². The maximum absolute atomic E-state index is 11.4. The minimum absolute atomic E-state index is 0.149. The molecule has 2 aromatic rings. The van der Waals surface area contributed by atoms with E-state index in [1.165, 1.54) is 6.92 Å². The summed E-state index contributed by atoms with van der Waals surface area (Å²) in [6, 6.07) is 13.7. The summed E-state index contributed by atoms with van der Waals surface area (Å²) in [5.74, 6) is -0.0144. The zero-order valence-corrected chi connectivity index (χ0v) is 11.2. The molecule has 0 aromatic heterocycles. The second-order valence-electron chi connectivity index (χ2n) is 4.24. The highest BCUT2D eigenvalue weighted by Crippen LogP contribution is 2.29. The maximum Gasteiger partial charge on any atom is 0.217 e. The van der Waals surface area contributed by atoms with Crippen LogP contribution in [0, 0.1) is 0 Å².